The number of benzene rings is 1. The third-order valence-electron chi connectivity index (χ3n) is 4.96. The van der Waals surface area contributed by atoms with Gasteiger partial charge < -0.3 is 0 Å². The molecule has 1 aromatic carbocycles. The van der Waals surface area contributed by atoms with Gasteiger partial charge in [0.05, 0.1) is 12.2 Å². The van der Waals surface area contributed by atoms with E-state index in [-0.39, 0.29) is 0 Å². The summed E-state index contributed by atoms with van der Waals surface area (Å²) in [5.74, 6) is -0.410. The molecule has 1 rings (SSSR count). The van der Waals surface area contributed by atoms with Crippen molar-refractivity contribution in [1.82, 2.24) is 0 Å². The summed E-state index contributed by atoms with van der Waals surface area (Å²) >= 11 is 0. The molecule has 0 saturated heterocycles. The van der Waals surface area contributed by atoms with Crippen molar-refractivity contribution >= 4 is 5.97 Å². The summed E-state index contributed by atoms with van der Waals surface area (Å²) in [6.45, 7) is 6.75. The van der Waals surface area contributed by atoms with Crippen LogP contribution in [0.2, 0.25) is 0 Å². The molecule has 3 nitrogen and oxygen atoms in total. The lowest BCUT2D eigenvalue weighted by atomic mass is 10.1. The van der Waals surface area contributed by atoms with Crippen LogP contribution in [0.25, 0.3) is 0 Å². The van der Waals surface area contributed by atoms with Gasteiger partial charge in [0.1, 0.15) is 0 Å². The molecule has 0 fully saturated rings. The Morgan fingerprint density at radius 2 is 1.31 bits per heavy atom. The van der Waals surface area contributed by atoms with E-state index in [1.165, 1.54) is 69.8 Å². The van der Waals surface area contributed by atoms with Crippen LogP contribution in [-0.2, 0) is 9.78 Å². The number of hydrogen-bond donors (Lipinski definition) is 0. The van der Waals surface area contributed by atoms with Crippen LogP contribution < -0.4 is 0 Å². The Morgan fingerprint density at radius 1 is 0.769 bits per heavy atom. The van der Waals surface area contributed by atoms with Gasteiger partial charge in [-0.2, -0.15) is 4.89 Å². The third-order valence-corrected chi connectivity index (χ3v) is 4.96. The van der Waals surface area contributed by atoms with Gasteiger partial charge in [-0.1, -0.05) is 83.6 Å². The number of carbonyl (C=O) groups excluding carboxylic acids is 1. The van der Waals surface area contributed by atoms with Crippen LogP contribution in [-0.4, -0.2) is 12.6 Å². The highest BCUT2D eigenvalue weighted by atomic mass is 17.2. The SMILES string of the molecule is CCCCCCCCCCCCCCOOC(=O)c1ccc(C)c(C)c1. The summed E-state index contributed by atoms with van der Waals surface area (Å²) < 4.78 is 0. The van der Waals surface area contributed by atoms with Crippen LogP contribution in [0.3, 0.4) is 0 Å². The summed E-state index contributed by atoms with van der Waals surface area (Å²) in [6, 6.07) is 5.54. The average Bonchev–Trinajstić information content (AvgIpc) is 2.64. The summed E-state index contributed by atoms with van der Waals surface area (Å²) in [4.78, 5) is 21.8. The van der Waals surface area contributed by atoms with E-state index in [4.69, 9.17) is 9.78 Å². The molecule has 0 amide bonds. The van der Waals surface area contributed by atoms with Gasteiger partial charge in [0, 0.05) is 0 Å². The first-order valence-corrected chi connectivity index (χ1v) is 10.6. The Morgan fingerprint density at radius 3 is 1.85 bits per heavy atom. The summed E-state index contributed by atoms with van der Waals surface area (Å²) in [7, 11) is 0. The van der Waals surface area contributed by atoms with Gasteiger partial charge >= 0.3 is 5.97 Å². The molecule has 0 aliphatic rings. The fraction of sp³-hybridized carbons (Fsp3) is 0.696. The molecule has 0 atom stereocenters. The first-order valence-electron chi connectivity index (χ1n) is 10.6. The zero-order valence-electron chi connectivity index (χ0n) is 17.1. The number of aryl methyl sites for hydroxylation is 2. The monoisotopic (exact) mass is 362 g/mol. The van der Waals surface area contributed by atoms with Gasteiger partial charge in [0.15, 0.2) is 0 Å². The Bertz CT molecular complexity index is 496. The van der Waals surface area contributed by atoms with Crippen molar-refractivity contribution in [2.75, 3.05) is 6.61 Å². The summed E-state index contributed by atoms with van der Waals surface area (Å²) in [5.41, 5.74) is 2.79. The Hall–Kier alpha value is -1.35. The van der Waals surface area contributed by atoms with Crippen LogP contribution >= 0.6 is 0 Å². The second-order valence-electron chi connectivity index (χ2n) is 7.38. The van der Waals surface area contributed by atoms with E-state index >= 15 is 0 Å². The molecular weight excluding hydrogens is 324 g/mol. The maximum atomic E-state index is 11.9. The summed E-state index contributed by atoms with van der Waals surface area (Å²) in [5, 5.41) is 0. The largest absolute Gasteiger partial charge is 0.373 e. The molecule has 0 unspecified atom stereocenters. The number of rotatable bonds is 15. The lowest BCUT2D eigenvalue weighted by Gasteiger charge is -2.06. The number of hydrogen-bond acceptors (Lipinski definition) is 3. The number of unbranched alkanes of at least 4 members (excludes halogenated alkanes) is 11. The minimum Gasteiger partial charge on any atom is -0.293 e. The highest BCUT2D eigenvalue weighted by Crippen LogP contribution is 2.13. The molecule has 26 heavy (non-hydrogen) atoms. The molecule has 3 heteroatoms. The molecule has 0 aliphatic heterocycles. The smallest absolute Gasteiger partial charge is 0.293 e. The molecule has 148 valence electrons. The van der Waals surface area contributed by atoms with Crippen LogP contribution in [0.1, 0.15) is 105 Å². The van der Waals surface area contributed by atoms with Gasteiger partial charge in [-0.3, -0.25) is 4.89 Å². The van der Waals surface area contributed by atoms with E-state index in [9.17, 15) is 4.79 Å². The van der Waals surface area contributed by atoms with Crippen molar-refractivity contribution in [3.63, 3.8) is 0 Å². The van der Waals surface area contributed by atoms with Gasteiger partial charge in [-0.15, -0.1) is 0 Å². The van der Waals surface area contributed by atoms with E-state index < -0.39 is 5.97 Å². The highest BCUT2D eigenvalue weighted by Gasteiger charge is 2.09. The fourth-order valence-electron chi connectivity index (χ4n) is 3.01. The molecule has 0 aromatic heterocycles. The van der Waals surface area contributed by atoms with Crippen LogP contribution in [0.15, 0.2) is 18.2 Å². The molecule has 1 aromatic rings. The van der Waals surface area contributed by atoms with Gasteiger partial charge in [0.2, 0.25) is 0 Å². The van der Waals surface area contributed by atoms with E-state index in [1.807, 2.05) is 26.0 Å². The van der Waals surface area contributed by atoms with Crippen molar-refractivity contribution in [3.8, 4) is 0 Å². The third kappa shape index (κ3) is 10.6. The lowest BCUT2D eigenvalue weighted by Crippen LogP contribution is -2.07. The van der Waals surface area contributed by atoms with Crippen molar-refractivity contribution < 1.29 is 14.6 Å². The predicted octanol–water partition coefficient (Wildman–Crippen LogP) is 7.09. The molecular formula is C23H38O3. The van der Waals surface area contributed by atoms with Crippen LogP contribution in [0.4, 0.5) is 0 Å². The zero-order chi connectivity index (χ0) is 19.0. The molecule has 0 radical (unpaired) electrons. The van der Waals surface area contributed by atoms with E-state index in [2.05, 4.69) is 6.92 Å². The Balaban J connectivity index is 1.90. The zero-order valence-corrected chi connectivity index (χ0v) is 17.1. The summed E-state index contributed by atoms with van der Waals surface area (Å²) in [6.07, 6.45) is 15.7. The average molecular weight is 363 g/mol. The van der Waals surface area contributed by atoms with Crippen molar-refractivity contribution in [2.24, 2.45) is 0 Å². The Labute approximate surface area is 160 Å². The van der Waals surface area contributed by atoms with Crippen molar-refractivity contribution in [2.45, 2.75) is 97.8 Å². The van der Waals surface area contributed by atoms with Crippen molar-refractivity contribution in [3.05, 3.63) is 34.9 Å². The molecule has 0 saturated carbocycles. The van der Waals surface area contributed by atoms with Crippen molar-refractivity contribution in [1.29, 1.82) is 0 Å². The maximum Gasteiger partial charge on any atom is 0.373 e. The molecule has 0 N–H and O–H groups in total. The minimum absolute atomic E-state index is 0.410. The second kappa shape index (κ2) is 14.8. The van der Waals surface area contributed by atoms with Gasteiger partial charge in [-0.05, 0) is 43.5 Å². The van der Waals surface area contributed by atoms with E-state index in [0.717, 1.165) is 18.4 Å². The van der Waals surface area contributed by atoms with E-state index in [0.29, 0.717) is 12.2 Å². The quantitative estimate of drug-likeness (QED) is 0.190. The molecule has 0 aliphatic carbocycles. The van der Waals surface area contributed by atoms with Crippen LogP contribution in [0, 0.1) is 13.8 Å². The maximum absolute atomic E-state index is 11.9. The minimum atomic E-state index is -0.410. The van der Waals surface area contributed by atoms with Crippen LogP contribution in [0.5, 0.6) is 0 Å². The highest BCUT2D eigenvalue weighted by molar-refractivity contribution is 5.89. The predicted molar refractivity (Wildman–Crippen MR) is 108 cm³/mol. The normalized spacial score (nSPS) is 10.9. The first-order chi connectivity index (χ1) is 12.6. The number of carbonyl (C=O) groups is 1. The molecule has 0 bridgehead atoms. The first kappa shape index (κ1) is 22.7. The van der Waals surface area contributed by atoms with Gasteiger partial charge in [-0.25, -0.2) is 4.79 Å². The molecule has 0 heterocycles. The Kier molecular flexibility index (Phi) is 12.9. The standard InChI is InChI=1S/C23H38O3/c1-4-5-6-7-8-9-10-11-12-13-14-15-18-25-26-23(24)22-17-16-20(2)21(3)19-22/h16-17,19H,4-15,18H2,1-3H3. The molecule has 0 spiro atoms. The fourth-order valence-corrected chi connectivity index (χ4v) is 3.01. The lowest BCUT2D eigenvalue weighted by molar-refractivity contribution is -0.241. The van der Waals surface area contributed by atoms with Gasteiger partial charge in [0.25, 0.3) is 0 Å². The van der Waals surface area contributed by atoms with E-state index in [1.54, 1.807) is 6.07 Å². The topological polar surface area (TPSA) is 35.5 Å². The second-order valence-corrected chi connectivity index (χ2v) is 7.38.